The summed E-state index contributed by atoms with van der Waals surface area (Å²) in [6, 6.07) is 7.41. The lowest BCUT2D eigenvalue weighted by Crippen LogP contribution is -2.40. The first-order valence-electron chi connectivity index (χ1n) is 9.74. The SMILES string of the molecule is O=C(NCC1CCCO1)c1cccc(CNC(=O)N2CCCCCC2)c1. The highest BCUT2D eigenvalue weighted by Crippen LogP contribution is 2.12. The molecule has 0 bridgehead atoms. The van der Waals surface area contributed by atoms with E-state index in [1.54, 1.807) is 6.07 Å². The van der Waals surface area contributed by atoms with Crippen LogP contribution in [-0.4, -0.2) is 49.2 Å². The average molecular weight is 359 g/mol. The number of carbonyl (C=O) groups is 2. The summed E-state index contributed by atoms with van der Waals surface area (Å²) in [6.45, 7) is 3.43. The van der Waals surface area contributed by atoms with E-state index in [0.717, 1.165) is 50.9 Å². The predicted molar refractivity (Wildman–Crippen MR) is 100 cm³/mol. The van der Waals surface area contributed by atoms with Crippen molar-refractivity contribution in [2.45, 2.75) is 51.2 Å². The minimum atomic E-state index is -0.0961. The Balaban J connectivity index is 1.48. The number of rotatable bonds is 5. The van der Waals surface area contributed by atoms with Gasteiger partial charge in [0, 0.05) is 38.3 Å². The minimum Gasteiger partial charge on any atom is -0.376 e. The van der Waals surface area contributed by atoms with Gasteiger partial charge < -0.3 is 20.3 Å². The molecule has 0 spiro atoms. The van der Waals surface area contributed by atoms with Crippen molar-refractivity contribution in [2.24, 2.45) is 0 Å². The predicted octanol–water partition coefficient (Wildman–Crippen LogP) is 2.68. The molecule has 6 nitrogen and oxygen atoms in total. The first kappa shape index (κ1) is 18.7. The van der Waals surface area contributed by atoms with Gasteiger partial charge in [-0.3, -0.25) is 4.79 Å². The van der Waals surface area contributed by atoms with Crippen LogP contribution in [-0.2, 0) is 11.3 Å². The van der Waals surface area contributed by atoms with E-state index in [0.29, 0.717) is 18.7 Å². The van der Waals surface area contributed by atoms with Crippen molar-refractivity contribution in [2.75, 3.05) is 26.2 Å². The lowest BCUT2D eigenvalue weighted by molar-refractivity contribution is 0.0857. The molecule has 2 aliphatic rings. The molecule has 1 aromatic carbocycles. The summed E-state index contributed by atoms with van der Waals surface area (Å²) < 4.78 is 5.53. The number of urea groups is 1. The summed E-state index contributed by atoms with van der Waals surface area (Å²) in [5, 5.41) is 5.91. The Morgan fingerprint density at radius 3 is 2.62 bits per heavy atom. The number of ether oxygens (including phenoxy) is 1. The van der Waals surface area contributed by atoms with Crippen molar-refractivity contribution in [1.82, 2.24) is 15.5 Å². The number of benzene rings is 1. The van der Waals surface area contributed by atoms with Crippen LogP contribution in [0.3, 0.4) is 0 Å². The fourth-order valence-electron chi connectivity index (χ4n) is 3.50. The van der Waals surface area contributed by atoms with Gasteiger partial charge in [0.1, 0.15) is 0 Å². The van der Waals surface area contributed by atoms with E-state index < -0.39 is 0 Å². The molecule has 1 atom stereocenters. The minimum absolute atomic E-state index is 0.0138. The maximum atomic E-state index is 12.3. The summed E-state index contributed by atoms with van der Waals surface area (Å²) in [4.78, 5) is 26.5. The number of carbonyl (C=O) groups excluding carboxylic acids is 2. The number of amides is 3. The quantitative estimate of drug-likeness (QED) is 0.849. The highest BCUT2D eigenvalue weighted by molar-refractivity contribution is 5.94. The second-order valence-electron chi connectivity index (χ2n) is 7.11. The molecule has 0 aliphatic carbocycles. The second-order valence-corrected chi connectivity index (χ2v) is 7.11. The van der Waals surface area contributed by atoms with E-state index in [1.807, 2.05) is 23.1 Å². The molecule has 2 fully saturated rings. The Morgan fingerprint density at radius 1 is 1.08 bits per heavy atom. The summed E-state index contributed by atoms with van der Waals surface area (Å²) in [5.41, 5.74) is 1.54. The topological polar surface area (TPSA) is 70.7 Å². The van der Waals surface area contributed by atoms with Gasteiger partial charge in [0.15, 0.2) is 0 Å². The van der Waals surface area contributed by atoms with E-state index in [2.05, 4.69) is 10.6 Å². The maximum Gasteiger partial charge on any atom is 0.317 e. The first-order chi connectivity index (χ1) is 12.7. The standard InChI is InChI=1S/C20H29N3O3/c24-19(21-15-18-9-6-12-26-18)17-8-5-7-16(13-17)14-22-20(25)23-10-3-1-2-4-11-23/h5,7-8,13,18H,1-4,6,9-12,14-15H2,(H,21,24)(H,22,25). The first-order valence-corrected chi connectivity index (χ1v) is 9.74. The molecule has 1 aromatic rings. The Hall–Kier alpha value is -2.08. The summed E-state index contributed by atoms with van der Waals surface area (Å²) in [7, 11) is 0. The number of likely N-dealkylation sites (tertiary alicyclic amines) is 1. The van der Waals surface area contributed by atoms with Crippen molar-refractivity contribution in [3.8, 4) is 0 Å². The number of nitrogens with one attached hydrogen (secondary N) is 2. The molecule has 26 heavy (non-hydrogen) atoms. The Kier molecular flexibility index (Phi) is 6.89. The zero-order valence-corrected chi connectivity index (χ0v) is 15.3. The van der Waals surface area contributed by atoms with E-state index in [1.165, 1.54) is 12.8 Å². The Bertz CT molecular complexity index is 606. The maximum absolute atomic E-state index is 12.3. The van der Waals surface area contributed by atoms with Gasteiger partial charge in [-0.1, -0.05) is 25.0 Å². The molecular formula is C20H29N3O3. The molecule has 2 saturated heterocycles. The number of nitrogens with zero attached hydrogens (tertiary/aromatic N) is 1. The van der Waals surface area contributed by atoms with Gasteiger partial charge in [-0.05, 0) is 43.4 Å². The molecule has 2 heterocycles. The second kappa shape index (κ2) is 9.57. The van der Waals surface area contributed by atoms with E-state index in [4.69, 9.17) is 4.74 Å². The van der Waals surface area contributed by atoms with E-state index >= 15 is 0 Å². The van der Waals surface area contributed by atoms with Crippen LogP contribution < -0.4 is 10.6 Å². The molecule has 6 heteroatoms. The molecule has 2 N–H and O–H groups in total. The normalized spacial score (nSPS) is 20.5. The van der Waals surface area contributed by atoms with Gasteiger partial charge in [-0.2, -0.15) is 0 Å². The fourth-order valence-corrected chi connectivity index (χ4v) is 3.50. The molecule has 3 rings (SSSR count). The summed E-state index contributed by atoms with van der Waals surface area (Å²) in [5.74, 6) is -0.0961. The molecule has 0 aromatic heterocycles. The molecular weight excluding hydrogens is 330 g/mol. The van der Waals surface area contributed by atoms with Crippen LogP contribution in [0.5, 0.6) is 0 Å². The lowest BCUT2D eigenvalue weighted by atomic mass is 10.1. The third-order valence-electron chi connectivity index (χ3n) is 5.04. The van der Waals surface area contributed by atoms with Gasteiger partial charge in [-0.25, -0.2) is 4.79 Å². The smallest absolute Gasteiger partial charge is 0.317 e. The number of hydrogen-bond acceptors (Lipinski definition) is 3. The molecule has 142 valence electrons. The van der Waals surface area contributed by atoms with Crippen LogP contribution in [0.1, 0.15) is 54.4 Å². The van der Waals surface area contributed by atoms with Gasteiger partial charge in [0.05, 0.1) is 6.10 Å². The van der Waals surface area contributed by atoms with Crippen LogP contribution in [0, 0.1) is 0 Å². The van der Waals surface area contributed by atoms with Gasteiger partial charge in [0.25, 0.3) is 5.91 Å². The molecule has 3 amide bonds. The van der Waals surface area contributed by atoms with Gasteiger partial charge in [-0.15, -0.1) is 0 Å². The van der Waals surface area contributed by atoms with Crippen molar-refractivity contribution >= 4 is 11.9 Å². The molecule has 2 aliphatic heterocycles. The van der Waals surface area contributed by atoms with E-state index in [-0.39, 0.29) is 18.0 Å². The summed E-state index contributed by atoms with van der Waals surface area (Å²) in [6.07, 6.45) is 6.76. The van der Waals surface area contributed by atoms with Crippen molar-refractivity contribution < 1.29 is 14.3 Å². The largest absolute Gasteiger partial charge is 0.376 e. The Morgan fingerprint density at radius 2 is 1.88 bits per heavy atom. The highest BCUT2D eigenvalue weighted by Gasteiger charge is 2.17. The van der Waals surface area contributed by atoms with Crippen LogP contribution in [0.4, 0.5) is 4.79 Å². The third-order valence-corrected chi connectivity index (χ3v) is 5.04. The fraction of sp³-hybridized carbons (Fsp3) is 0.600. The summed E-state index contributed by atoms with van der Waals surface area (Å²) >= 11 is 0. The van der Waals surface area contributed by atoms with E-state index in [9.17, 15) is 9.59 Å². The van der Waals surface area contributed by atoms with Crippen LogP contribution in [0.25, 0.3) is 0 Å². The van der Waals surface area contributed by atoms with Crippen molar-refractivity contribution in [1.29, 1.82) is 0 Å². The Labute approximate surface area is 155 Å². The van der Waals surface area contributed by atoms with Gasteiger partial charge >= 0.3 is 6.03 Å². The highest BCUT2D eigenvalue weighted by atomic mass is 16.5. The van der Waals surface area contributed by atoms with Crippen molar-refractivity contribution in [3.05, 3.63) is 35.4 Å². The average Bonchev–Trinajstić information content (AvgIpc) is 3.04. The van der Waals surface area contributed by atoms with Crippen LogP contribution in [0.2, 0.25) is 0 Å². The van der Waals surface area contributed by atoms with Gasteiger partial charge in [0.2, 0.25) is 0 Å². The zero-order chi connectivity index (χ0) is 18.2. The van der Waals surface area contributed by atoms with Crippen LogP contribution in [0.15, 0.2) is 24.3 Å². The van der Waals surface area contributed by atoms with Crippen molar-refractivity contribution in [3.63, 3.8) is 0 Å². The molecule has 1 unspecified atom stereocenters. The molecule has 0 radical (unpaired) electrons. The third kappa shape index (κ3) is 5.46. The van der Waals surface area contributed by atoms with Crippen LogP contribution >= 0.6 is 0 Å². The lowest BCUT2D eigenvalue weighted by Gasteiger charge is -2.20. The number of hydrogen-bond donors (Lipinski definition) is 2. The monoisotopic (exact) mass is 359 g/mol. The molecule has 0 saturated carbocycles. The zero-order valence-electron chi connectivity index (χ0n) is 15.3.